The molecule has 84 valence electrons. The Kier molecular flexibility index (Phi) is 4.95. The highest BCUT2D eigenvalue weighted by atomic mass is 16.5. The molecule has 1 rings (SSSR count). The summed E-state index contributed by atoms with van der Waals surface area (Å²) in [6.45, 7) is 5.45. The van der Waals surface area contributed by atoms with Crippen molar-refractivity contribution in [1.82, 2.24) is 4.98 Å². The molecule has 0 aliphatic carbocycles. The lowest BCUT2D eigenvalue weighted by Crippen LogP contribution is -2.04. The molecule has 3 heteroatoms. The molecule has 3 nitrogen and oxygen atoms in total. The molecule has 15 heavy (non-hydrogen) atoms. The molecule has 0 saturated carbocycles. The summed E-state index contributed by atoms with van der Waals surface area (Å²) < 4.78 is 5.05. The summed E-state index contributed by atoms with van der Waals surface area (Å²) in [5.41, 5.74) is 0. The second-order valence-corrected chi connectivity index (χ2v) is 4.03. The van der Waals surface area contributed by atoms with Gasteiger partial charge in [-0.2, -0.15) is 4.98 Å². The van der Waals surface area contributed by atoms with Crippen LogP contribution < -0.4 is 10.1 Å². The lowest BCUT2D eigenvalue weighted by Gasteiger charge is -2.07. The van der Waals surface area contributed by atoms with Gasteiger partial charge in [-0.1, -0.05) is 19.9 Å². The van der Waals surface area contributed by atoms with E-state index in [1.54, 1.807) is 7.11 Å². The molecule has 0 amide bonds. The Labute approximate surface area is 91.9 Å². The van der Waals surface area contributed by atoms with Gasteiger partial charge in [0.1, 0.15) is 5.82 Å². The van der Waals surface area contributed by atoms with Crippen LogP contribution >= 0.6 is 0 Å². The van der Waals surface area contributed by atoms with Crippen LogP contribution in [-0.4, -0.2) is 18.6 Å². The molecule has 1 aromatic rings. The topological polar surface area (TPSA) is 34.1 Å². The van der Waals surface area contributed by atoms with Crippen LogP contribution in [0, 0.1) is 5.92 Å². The lowest BCUT2D eigenvalue weighted by atomic mass is 10.1. The average Bonchev–Trinajstić information content (AvgIpc) is 2.24. The number of nitrogens with one attached hydrogen (secondary N) is 1. The van der Waals surface area contributed by atoms with Crippen LogP contribution in [0.3, 0.4) is 0 Å². The average molecular weight is 208 g/mol. The van der Waals surface area contributed by atoms with Crippen LogP contribution in [0.1, 0.15) is 26.7 Å². The van der Waals surface area contributed by atoms with E-state index in [1.165, 1.54) is 12.8 Å². The van der Waals surface area contributed by atoms with Gasteiger partial charge in [-0.25, -0.2) is 0 Å². The highest BCUT2D eigenvalue weighted by Crippen LogP contribution is 2.11. The third-order valence-corrected chi connectivity index (χ3v) is 2.20. The van der Waals surface area contributed by atoms with Gasteiger partial charge in [-0.15, -0.1) is 0 Å². The Hall–Kier alpha value is -1.25. The number of aromatic nitrogens is 1. The van der Waals surface area contributed by atoms with E-state index < -0.39 is 0 Å². The molecular weight excluding hydrogens is 188 g/mol. The van der Waals surface area contributed by atoms with Crippen LogP contribution in [-0.2, 0) is 0 Å². The standard InChI is InChI=1S/C12H20N2O/c1-10(2)6-5-9-13-11-7-4-8-12(14-11)15-3/h4,7-8,10H,5-6,9H2,1-3H3,(H,13,14). The van der Waals surface area contributed by atoms with E-state index in [2.05, 4.69) is 24.1 Å². The predicted octanol–water partition coefficient (Wildman–Crippen LogP) is 2.94. The minimum absolute atomic E-state index is 0.656. The maximum atomic E-state index is 5.05. The normalized spacial score (nSPS) is 10.4. The number of rotatable bonds is 6. The molecule has 0 unspecified atom stereocenters. The van der Waals surface area contributed by atoms with Crippen LogP contribution in [0.4, 0.5) is 5.82 Å². The fourth-order valence-corrected chi connectivity index (χ4v) is 1.35. The van der Waals surface area contributed by atoms with Crippen molar-refractivity contribution in [1.29, 1.82) is 0 Å². The molecule has 0 fully saturated rings. The molecule has 0 atom stereocenters. The summed E-state index contributed by atoms with van der Waals surface area (Å²) in [6.07, 6.45) is 2.42. The molecule has 0 saturated heterocycles. The van der Waals surface area contributed by atoms with Gasteiger partial charge in [0.25, 0.3) is 0 Å². The van der Waals surface area contributed by atoms with E-state index in [4.69, 9.17) is 4.74 Å². The molecule has 0 spiro atoms. The maximum absolute atomic E-state index is 5.05. The largest absolute Gasteiger partial charge is 0.481 e. The first-order valence-electron chi connectivity index (χ1n) is 5.47. The fourth-order valence-electron chi connectivity index (χ4n) is 1.35. The van der Waals surface area contributed by atoms with Crippen molar-refractivity contribution in [3.8, 4) is 5.88 Å². The van der Waals surface area contributed by atoms with Crippen LogP contribution in [0.15, 0.2) is 18.2 Å². The van der Waals surface area contributed by atoms with E-state index >= 15 is 0 Å². The maximum Gasteiger partial charge on any atom is 0.214 e. The second-order valence-electron chi connectivity index (χ2n) is 4.03. The number of nitrogens with zero attached hydrogens (tertiary/aromatic N) is 1. The predicted molar refractivity (Wildman–Crippen MR) is 63.4 cm³/mol. The quantitative estimate of drug-likeness (QED) is 0.730. The summed E-state index contributed by atoms with van der Waals surface area (Å²) in [5, 5.41) is 3.28. The zero-order valence-electron chi connectivity index (χ0n) is 9.79. The first kappa shape index (κ1) is 11.8. The third-order valence-electron chi connectivity index (χ3n) is 2.20. The van der Waals surface area contributed by atoms with E-state index in [9.17, 15) is 0 Å². The molecule has 0 aliphatic heterocycles. The van der Waals surface area contributed by atoms with Crippen molar-refractivity contribution in [3.63, 3.8) is 0 Å². The number of pyridine rings is 1. The second kappa shape index (κ2) is 6.27. The van der Waals surface area contributed by atoms with Gasteiger partial charge in [-0.3, -0.25) is 0 Å². The number of anilines is 1. The Morgan fingerprint density at radius 3 is 2.87 bits per heavy atom. The van der Waals surface area contributed by atoms with Crippen LogP contribution in [0.25, 0.3) is 0 Å². The van der Waals surface area contributed by atoms with Crippen molar-refractivity contribution < 1.29 is 4.74 Å². The van der Waals surface area contributed by atoms with Gasteiger partial charge in [-0.05, 0) is 24.8 Å². The van der Waals surface area contributed by atoms with Crippen molar-refractivity contribution in [3.05, 3.63) is 18.2 Å². The van der Waals surface area contributed by atoms with Gasteiger partial charge in [0.05, 0.1) is 7.11 Å². The van der Waals surface area contributed by atoms with Crippen molar-refractivity contribution in [2.75, 3.05) is 19.0 Å². The molecule has 0 radical (unpaired) electrons. The molecular formula is C12H20N2O. The first-order chi connectivity index (χ1) is 7.22. The first-order valence-corrected chi connectivity index (χ1v) is 5.47. The van der Waals surface area contributed by atoms with Crippen LogP contribution in [0.2, 0.25) is 0 Å². The van der Waals surface area contributed by atoms with Gasteiger partial charge < -0.3 is 10.1 Å². The number of methoxy groups -OCH3 is 1. The monoisotopic (exact) mass is 208 g/mol. The lowest BCUT2D eigenvalue weighted by molar-refractivity contribution is 0.398. The van der Waals surface area contributed by atoms with Gasteiger partial charge in [0.15, 0.2) is 0 Å². The Morgan fingerprint density at radius 2 is 2.20 bits per heavy atom. The zero-order chi connectivity index (χ0) is 11.1. The van der Waals surface area contributed by atoms with Crippen LogP contribution in [0.5, 0.6) is 5.88 Å². The summed E-state index contributed by atoms with van der Waals surface area (Å²) in [4.78, 5) is 4.27. The Balaban J connectivity index is 2.30. The third kappa shape index (κ3) is 4.68. The molecule has 0 bridgehead atoms. The molecule has 0 aromatic carbocycles. The van der Waals surface area contributed by atoms with Gasteiger partial charge in [0.2, 0.25) is 5.88 Å². The van der Waals surface area contributed by atoms with Crippen molar-refractivity contribution in [2.45, 2.75) is 26.7 Å². The van der Waals surface area contributed by atoms with Gasteiger partial charge in [0, 0.05) is 12.6 Å². The summed E-state index contributed by atoms with van der Waals surface area (Å²) in [6, 6.07) is 5.74. The summed E-state index contributed by atoms with van der Waals surface area (Å²) in [5.74, 6) is 2.31. The molecule has 1 aromatic heterocycles. The highest BCUT2D eigenvalue weighted by molar-refractivity contribution is 5.36. The van der Waals surface area contributed by atoms with E-state index in [0.29, 0.717) is 5.88 Å². The number of hydrogen-bond donors (Lipinski definition) is 1. The SMILES string of the molecule is COc1cccc(NCCCC(C)C)n1. The minimum Gasteiger partial charge on any atom is -0.481 e. The van der Waals surface area contributed by atoms with E-state index in [0.717, 1.165) is 18.3 Å². The van der Waals surface area contributed by atoms with Gasteiger partial charge >= 0.3 is 0 Å². The van der Waals surface area contributed by atoms with E-state index in [1.807, 2.05) is 18.2 Å². The summed E-state index contributed by atoms with van der Waals surface area (Å²) >= 11 is 0. The Bertz CT molecular complexity index is 287. The zero-order valence-corrected chi connectivity index (χ0v) is 9.79. The van der Waals surface area contributed by atoms with Crippen molar-refractivity contribution >= 4 is 5.82 Å². The smallest absolute Gasteiger partial charge is 0.214 e. The fraction of sp³-hybridized carbons (Fsp3) is 0.583. The molecule has 0 aliphatic rings. The highest BCUT2D eigenvalue weighted by Gasteiger charge is 1.97. The minimum atomic E-state index is 0.656. The summed E-state index contributed by atoms with van der Waals surface area (Å²) in [7, 11) is 1.63. The molecule has 1 heterocycles. The number of hydrogen-bond acceptors (Lipinski definition) is 3. The van der Waals surface area contributed by atoms with Crippen molar-refractivity contribution in [2.24, 2.45) is 5.92 Å². The molecule has 1 N–H and O–H groups in total. The number of ether oxygens (including phenoxy) is 1. The Morgan fingerprint density at radius 1 is 1.40 bits per heavy atom. The van der Waals surface area contributed by atoms with E-state index in [-0.39, 0.29) is 0 Å².